The SMILES string of the molecule is O=C(C1CCN(c2ncnc3ccsc23)CC1)N1CCCCCC1. The Morgan fingerprint density at radius 1 is 1.04 bits per heavy atom. The van der Waals surface area contributed by atoms with Gasteiger partial charge in [-0.1, -0.05) is 12.8 Å². The number of thiophene rings is 1. The lowest BCUT2D eigenvalue weighted by molar-refractivity contribution is -0.136. The highest BCUT2D eigenvalue weighted by Gasteiger charge is 2.29. The minimum atomic E-state index is 0.194. The van der Waals surface area contributed by atoms with E-state index in [9.17, 15) is 4.79 Å². The second-order valence-electron chi connectivity index (χ2n) is 6.83. The summed E-state index contributed by atoms with van der Waals surface area (Å²) in [6, 6.07) is 2.04. The quantitative estimate of drug-likeness (QED) is 0.839. The highest BCUT2D eigenvalue weighted by atomic mass is 32.1. The number of hydrogen-bond acceptors (Lipinski definition) is 5. The van der Waals surface area contributed by atoms with Crippen molar-refractivity contribution in [3.63, 3.8) is 0 Å². The Morgan fingerprint density at radius 3 is 2.54 bits per heavy atom. The molecule has 24 heavy (non-hydrogen) atoms. The van der Waals surface area contributed by atoms with Crippen LogP contribution in [0.25, 0.3) is 10.2 Å². The summed E-state index contributed by atoms with van der Waals surface area (Å²) in [5.74, 6) is 1.62. The van der Waals surface area contributed by atoms with Crippen LogP contribution < -0.4 is 4.90 Å². The fourth-order valence-electron chi connectivity index (χ4n) is 3.89. The number of anilines is 1. The first-order valence-corrected chi connectivity index (χ1v) is 9.93. The average molecular weight is 344 g/mol. The number of nitrogens with zero attached hydrogens (tertiary/aromatic N) is 4. The summed E-state index contributed by atoms with van der Waals surface area (Å²) in [6.07, 6.45) is 8.40. The summed E-state index contributed by atoms with van der Waals surface area (Å²) in [5.41, 5.74) is 1.02. The summed E-state index contributed by atoms with van der Waals surface area (Å²) in [6.45, 7) is 3.74. The number of aromatic nitrogens is 2. The number of rotatable bonds is 2. The maximum atomic E-state index is 12.8. The van der Waals surface area contributed by atoms with Gasteiger partial charge in [-0.05, 0) is 37.1 Å². The molecule has 0 aliphatic carbocycles. The van der Waals surface area contributed by atoms with E-state index >= 15 is 0 Å². The first-order chi connectivity index (χ1) is 11.8. The highest BCUT2D eigenvalue weighted by molar-refractivity contribution is 7.17. The minimum Gasteiger partial charge on any atom is -0.355 e. The van der Waals surface area contributed by atoms with Crippen molar-refractivity contribution in [1.82, 2.24) is 14.9 Å². The Labute approximate surface area is 146 Å². The van der Waals surface area contributed by atoms with Gasteiger partial charge in [0.15, 0.2) is 0 Å². The van der Waals surface area contributed by atoms with E-state index in [2.05, 4.69) is 25.1 Å². The van der Waals surface area contributed by atoms with Gasteiger partial charge < -0.3 is 9.80 Å². The van der Waals surface area contributed by atoms with Crippen LogP contribution in [0.3, 0.4) is 0 Å². The van der Waals surface area contributed by atoms with Crippen molar-refractivity contribution in [1.29, 1.82) is 0 Å². The molecule has 0 radical (unpaired) electrons. The molecule has 0 aromatic carbocycles. The number of fused-ring (bicyclic) bond motifs is 1. The molecule has 5 nitrogen and oxygen atoms in total. The summed E-state index contributed by atoms with van der Waals surface area (Å²) in [5, 5.41) is 2.07. The topological polar surface area (TPSA) is 49.3 Å². The molecule has 2 aliphatic rings. The first-order valence-electron chi connectivity index (χ1n) is 9.05. The van der Waals surface area contributed by atoms with Gasteiger partial charge in [-0.15, -0.1) is 11.3 Å². The number of likely N-dealkylation sites (tertiary alicyclic amines) is 1. The molecule has 2 saturated heterocycles. The van der Waals surface area contributed by atoms with Crippen LogP contribution in [0, 0.1) is 5.92 Å². The van der Waals surface area contributed by atoms with Crippen molar-refractivity contribution in [2.75, 3.05) is 31.1 Å². The van der Waals surface area contributed by atoms with Gasteiger partial charge in [0, 0.05) is 32.1 Å². The van der Waals surface area contributed by atoms with Crippen molar-refractivity contribution in [2.24, 2.45) is 5.92 Å². The Kier molecular flexibility index (Phi) is 4.65. The summed E-state index contributed by atoms with van der Waals surface area (Å²) >= 11 is 1.70. The van der Waals surface area contributed by atoms with E-state index in [0.29, 0.717) is 5.91 Å². The predicted molar refractivity (Wildman–Crippen MR) is 97.4 cm³/mol. The molecule has 0 bridgehead atoms. The molecule has 6 heteroatoms. The maximum absolute atomic E-state index is 12.8. The largest absolute Gasteiger partial charge is 0.355 e. The molecule has 2 aliphatic heterocycles. The Balaban J connectivity index is 1.41. The molecule has 4 rings (SSSR count). The van der Waals surface area contributed by atoms with Crippen LogP contribution in [0.5, 0.6) is 0 Å². The third kappa shape index (κ3) is 3.11. The fourth-order valence-corrected chi connectivity index (χ4v) is 4.75. The molecule has 2 aromatic heterocycles. The van der Waals surface area contributed by atoms with E-state index in [1.165, 1.54) is 25.7 Å². The van der Waals surface area contributed by atoms with Gasteiger partial charge in [0.1, 0.15) is 12.1 Å². The van der Waals surface area contributed by atoms with Crippen molar-refractivity contribution in [3.8, 4) is 0 Å². The van der Waals surface area contributed by atoms with Crippen LogP contribution in [0.1, 0.15) is 38.5 Å². The van der Waals surface area contributed by atoms with E-state index in [4.69, 9.17) is 0 Å². The van der Waals surface area contributed by atoms with E-state index in [0.717, 1.165) is 55.1 Å². The van der Waals surface area contributed by atoms with Gasteiger partial charge in [0.2, 0.25) is 5.91 Å². The molecule has 0 spiro atoms. The van der Waals surface area contributed by atoms with Gasteiger partial charge in [-0.2, -0.15) is 0 Å². The van der Waals surface area contributed by atoms with E-state index in [1.54, 1.807) is 17.7 Å². The average Bonchev–Trinajstić information content (AvgIpc) is 2.95. The third-order valence-electron chi connectivity index (χ3n) is 5.29. The van der Waals surface area contributed by atoms with E-state index in [1.807, 2.05) is 6.07 Å². The molecular weight excluding hydrogens is 320 g/mol. The standard InChI is InChI=1S/C18H24N4OS/c23-18(22-8-3-1-2-4-9-22)14-5-10-21(11-6-14)17-16-15(7-12-24-16)19-13-20-17/h7,12-14H,1-6,8-11H2. The minimum absolute atomic E-state index is 0.194. The Morgan fingerprint density at radius 2 is 1.79 bits per heavy atom. The lowest BCUT2D eigenvalue weighted by Gasteiger charge is -2.34. The maximum Gasteiger partial charge on any atom is 0.225 e. The predicted octanol–water partition coefficient (Wildman–Crippen LogP) is 3.31. The monoisotopic (exact) mass is 344 g/mol. The summed E-state index contributed by atoms with van der Waals surface area (Å²) in [7, 11) is 0. The van der Waals surface area contributed by atoms with Gasteiger partial charge in [0.05, 0.1) is 10.2 Å². The zero-order valence-electron chi connectivity index (χ0n) is 14.0. The highest BCUT2D eigenvalue weighted by Crippen LogP contribution is 2.31. The van der Waals surface area contributed by atoms with Gasteiger partial charge in [-0.25, -0.2) is 9.97 Å². The number of hydrogen-bond donors (Lipinski definition) is 0. The molecule has 0 unspecified atom stereocenters. The first kappa shape index (κ1) is 15.8. The molecule has 128 valence electrons. The molecule has 2 fully saturated rings. The van der Waals surface area contributed by atoms with Crippen LogP contribution >= 0.6 is 11.3 Å². The number of carbonyl (C=O) groups excluding carboxylic acids is 1. The van der Waals surface area contributed by atoms with Crippen LogP contribution in [-0.2, 0) is 4.79 Å². The van der Waals surface area contributed by atoms with Crippen LogP contribution in [0.4, 0.5) is 5.82 Å². The van der Waals surface area contributed by atoms with Crippen molar-refractivity contribution in [3.05, 3.63) is 17.8 Å². The summed E-state index contributed by atoms with van der Waals surface area (Å²) in [4.78, 5) is 26.1. The Bertz CT molecular complexity index is 700. The molecule has 1 amide bonds. The molecule has 0 saturated carbocycles. The molecule has 0 atom stereocenters. The zero-order chi connectivity index (χ0) is 16.4. The smallest absolute Gasteiger partial charge is 0.225 e. The van der Waals surface area contributed by atoms with E-state index in [-0.39, 0.29) is 5.92 Å². The lowest BCUT2D eigenvalue weighted by atomic mass is 9.95. The third-order valence-corrected chi connectivity index (χ3v) is 6.19. The second kappa shape index (κ2) is 7.05. The number of piperidine rings is 1. The Hall–Kier alpha value is -1.69. The summed E-state index contributed by atoms with van der Waals surface area (Å²) < 4.78 is 1.16. The molecule has 4 heterocycles. The van der Waals surface area contributed by atoms with Crippen LogP contribution in [0.15, 0.2) is 17.8 Å². The normalized spacial score (nSPS) is 20.3. The van der Waals surface area contributed by atoms with Crippen molar-refractivity contribution >= 4 is 33.3 Å². The van der Waals surface area contributed by atoms with Gasteiger partial charge >= 0.3 is 0 Å². The zero-order valence-corrected chi connectivity index (χ0v) is 14.8. The molecule has 0 N–H and O–H groups in total. The van der Waals surface area contributed by atoms with Crippen LogP contribution in [-0.4, -0.2) is 47.0 Å². The fraction of sp³-hybridized carbons (Fsp3) is 0.611. The number of carbonyl (C=O) groups is 1. The van der Waals surface area contributed by atoms with Gasteiger partial charge in [0.25, 0.3) is 0 Å². The van der Waals surface area contributed by atoms with E-state index < -0.39 is 0 Å². The van der Waals surface area contributed by atoms with Crippen molar-refractivity contribution in [2.45, 2.75) is 38.5 Å². The molecule has 2 aromatic rings. The van der Waals surface area contributed by atoms with Crippen LogP contribution in [0.2, 0.25) is 0 Å². The number of amides is 1. The lowest BCUT2D eigenvalue weighted by Crippen LogP contribution is -2.43. The molecular formula is C18H24N4OS. The van der Waals surface area contributed by atoms with Gasteiger partial charge in [-0.3, -0.25) is 4.79 Å². The van der Waals surface area contributed by atoms with Crippen molar-refractivity contribution < 1.29 is 4.79 Å². The second-order valence-corrected chi connectivity index (χ2v) is 7.75.